The van der Waals surface area contributed by atoms with Gasteiger partial charge in [-0.1, -0.05) is 36.4 Å². The van der Waals surface area contributed by atoms with Gasteiger partial charge in [0.25, 0.3) is 0 Å². The molecular weight excluding hydrogens is 223 g/mol. The Kier molecular flexibility index (Phi) is 2.13. The van der Waals surface area contributed by atoms with Gasteiger partial charge in [-0.2, -0.15) is 0 Å². The van der Waals surface area contributed by atoms with Crippen molar-refractivity contribution in [3.05, 3.63) is 59.7 Å². The van der Waals surface area contributed by atoms with Crippen molar-refractivity contribution in [1.82, 2.24) is 0 Å². The highest BCUT2D eigenvalue weighted by Gasteiger charge is 2.43. The quantitative estimate of drug-likeness (QED) is 0.707. The highest BCUT2D eigenvalue weighted by atomic mass is 16.6. The summed E-state index contributed by atoms with van der Waals surface area (Å²) < 4.78 is 11.9. The Balaban J connectivity index is 1.65. The molecule has 2 aromatic rings. The van der Waals surface area contributed by atoms with E-state index in [2.05, 4.69) is 24.3 Å². The number of aryl methyl sites for hydroxylation is 1. The highest BCUT2D eigenvalue weighted by molar-refractivity contribution is 6.49. The minimum Gasteiger partial charge on any atom is -0.523 e. The van der Waals surface area contributed by atoms with Crippen molar-refractivity contribution in [2.75, 3.05) is 0 Å². The monoisotopic (exact) mass is 236 g/mol. The standard InChI is InChI=1S/C15H13BO2/c1-2-6-12-11(5-1)9-10-13(12)16-17-14-7-3-4-8-15(14)18-16/h1-8,13H,9-10H2. The summed E-state index contributed by atoms with van der Waals surface area (Å²) in [5.41, 5.74) is 2.82. The first-order chi connectivity index (χ1) is 8.92. The average Bonchev–Trinajstić information content (AvgIpc) is 3.02. The predicted octanol–water partition coefficient (Wildman–Crippen LogP) is 3.22. The molecule has 0 N–H and O–H groups in total. The van der Waals surface area contributed by atoms with Gasteiger partial charge in [0.05, 0.1) is 0 Å². The van der Waals surface area contributed by atoms with E-state index in [4.69, 9.17) is 9.31 Å². The van der Waals surface area contributed by atoms with E-state index in [0.29, 0.717) is 5.82 Å². The Bertz CT molecular complexity index is 572. The molecule has 3 heteroatoms. The average molecular weight is 236 g/mol. The van der Waals surface area contributed by atoms with Crippen LogP contribution in [0.3, 0.4) is 0 Å². The third kappa shape index (κ3) is 1.43. The summed E-state index contributed by atoms with van der Waals surface area (Å²) in [5, 5.41) is 0. The van der Waals surface area contributed by atoms with Gasteiger partial charge < -0.3 is 9.31 Å². The van der Waals surface area contributed by atoms with Crippen LogP contribution in [0.4, 0.5) is 0 Å². The van der Waals surface area contributed by atoms with Crippen LogP contribution in [-0.4, -0.2) is 7.12 Å². The minimum atomic E-state index is -0.161. The van der Waals surface area contributed by atoms with Gasteiger partial charge in [0, 0.05) is 5.82 Å². The third-order valence-electron chi connectivity index (χ3n) is 3.84. The molecule has 0 radical (unpaired) electrons. The third-order valence-corrected chi connectivity index (χ3v) is 3.84. The fourth-order valence-corrected chi connectivity index (χ4v) is 2.96. The Hall–Kier alpha value is -1.90. The zero-order valence-electron chi connectivity index (χ0n) is 10.0. The van der Waals surface area contributed by atoms with Gasteiger partial charge >= 0.3 is 7.12 Å². The van der Waals surface area contributed by atoms with Crippen molar-refractivity contribution < 1.29 is 9.31 Å². The molecular formula is C15H13BO2. The summed E-state index contributed by atoms with van der Waals surface area (Å²) in [7, 11) is -0.161. The number of benzene rings is 2. The SMILES string of the molecule is c1ccc2c(c1)CCC2B1Oc2ccccc2O1. The summed E-state index contributed by atoms with van der Waals surface area (Å²) in [6, 6.07) is 16.5. The molecule has 0 saturated carbocycles. The summed E-state index contributed by atoms with van der Waals surface area (Å²) in [6.45, 7) is 0. The molecule has 1 aliphatic carbocycles. The van der Waals surface area contributed by atoms with Crippen molar-refractivity contribution in [2.45, 2.75) is 18.7 Å². The lowest BCUT2D eigenvalue weighted by molar-refractivity contribution is 0.473. The van der Waals surface area contributed by atoms with Gasteiger partial charge in [0.15, 0.2) is 0 Å². The summed E-state index contributed by atoms with van der Waals surface area (Å²) in [4.78, 5) is 0. The largest absolute Gasteiger partial charge is 0.602 e. The predicted molar refractivity (Wildman–Crippen MR) is 71.0 cm³/mol. The van der Waals surface area contributed by atoms with Crippen molar-refractivity contribution in [1.29, 1.82) is 0 Å². The van der Waals surface area contributed by atoms with E-state index in [-0.39, 0.29) is 7.12 Å². The topological polar surface area (TPSA) is 18.5 Å². The summed E-state index contributed by atoms with van der Waals surface area (Å²) in [6.07, 6.45) is 2.23. The number of para-hydroxylation sites is 2. The normalized spacial score (nSPS) is 20.0. The van der Waals surface area contributed by atoms with E-state index in [1.165, 1.54) is 11.1 Å². The lowest BCUT2D eigenvalue weighted by atomic mass is 9.69. The molecule has 0 saturated heterocycles. The second kappa shape index (κ2) is 3.80. The molecule has 0 spiro atoms. The molecule has 1 heterocycles. The molecule has 1 aliphatic heterocycles. The molecule has 0 fully saturated rings. The van der Waals surface area contributed by atoms with E-state index in [0.717, 1.165) is 24.3 Å². The Labute approximate surface area is 107 Å². The van der Waals surface area contributed by atoms with Crippen LogP contribution in [0.5, 0.6) is 11.5 Å². The Morgan fingerprint density at radius 1 is 0.889 bits per heavy atom. The van der Waals surface area contributed by atoms with Crippen LogP contribution in [0.1, 0.15) is 23.4 Å². The first-order valence-electron chi connectivity index (χ1n) is 6.42. The van der Waals surface area contributed by atoms with Gasteiger partial charge in [0.2, 0.25) is 0 Å². The fraction of sp³-hybridized carbons (Fsp3) is 0.200. The van der Waals surface area contributed by atoms with Crippen LogP contribution in [0.2, 0.25) is 0 Å². The smallest absolute Gasteiger partial charge is 0.523 e. The molecule has 88 valence electrons. The fourth-order valence-electron chi connectivity index (χ4n) is 2.96. The molecule has 0 aromatic heterocycles. The Morgan fingerprint density at radius 2 is 1.56 bits per heavy atom. The van der Waals surface area contributed by atoms with Crippen LogP contribution in [0.15, 0.2) is 48.5 Å². The molecule has 2 aliphatic rings. The maximum Gasteiger partial charge on any atom is 0.602 e. The maximum atomic E-state index is 5.93. The molecule has 1 atom stereocenters. The van der Waals surface area contributed by atoms with Gasteiger partial charge in [-0.15, -0.1) is 0 Å². The maximum absolute atomic E-state index is 5.93. The van der Waals surface area contributed by atoms with Crippen LogP contribution in [0.25, 0.3) is 0 Å². The lowest BCUT2D eigenvalue weighted by Gasteiger charge is -2.13. The molecule has 0 bridgehead atoms. The number of rotatable bonds is 1. The molecule has 2 aromatic carbocycles. The molecule has 2 nitrogen and oxygen atoms in total. The van der Waals surface area contributed by atoms with Crippen LogP contribution >= 0.6 is 0 Å². The first-order valence-corrected chi connectivity index (χ1v) is 6.42. The molecule has 4 rings (SSSR count). The van der Waals surface area contributed by atoms with E-state index >= 15 is 0 Å². The van der Waals surface area contributed by atoms with E-state index in [1.807, 2.05) is 24.3 Å². The van der Waals surface area contributed by atoms with Crippen molar-refractivity contribution in [3.63, 3.8) is 0 Å². The summed E-state index contributed by atoms with van der Waals surface area (Å²) in [5.74, 6) is 2.09. The van der Waals surface area contributed by atoms with Gasteiger partial charge in [-0.3, -0.25) is 0 Å². The Morgan fingerprint density at radius 3 is 2.33 bits per heavy atom. The molecule has 18 heavy (non-hydrogen) atoms. The van der Waals surface area contributed by atoms with Crippen LogP contribution in [0, 0.1) is 0 Å². The summed E-state index contributed by atoms with van der Waals surface area (Å²) >= 11 is 0. The second-order valence-electron chi connectivity index (χ2n) is 4.89. The van der Waals surface area contributed by atoms with Gasteiger partial charge in [-0.25, -0.2) is 0 Å². The van der Waals surface area contributed by atoms with Crippen molar-refractivity contribution in [3.8, 4) is 11.5 Å². The van der Waals surface area contributed by atoms with E-state index in [9.17, 15) is 0 Å². The molecule has 1 unspecified atom stereocenters. The first kappa shape index (κ1) is 10.1. The minimum absolute atomic E-state index is 0.161. The lowest BCUT2D eigenvalue weighted by Crippen LogP contribution is -2.32. The zero-order valence-corrected chi connectivity index (χ0v) is 10.0. The number of fused-ring (bicyclic) bond motifs is 2. The van der Waals surface area contributed by atoms with Crippen LogP contribution < -0.4 is 9.31 Å². The molecule has 0 amide bonds. The zero-order chi connectivity index (χ0) is 11.9. The second-order valence-corrected chi connectivity index (χ2v) is 4.89. The van der Waals surface area contributed by atoms with Crippen molar-refractivity contribution >= 4 is 7.12 Å². The van der Waals surface area contributed by atoms with Crippen LogP contribution in [-0.2, 0) is 6.42 Å². The van der Waals surface area contributed by atoms with Crippen molar-refractivity contribution in [2.24, 2.45) is 0 Å². The highest BCUT2D eigenvalue weighted by Crippen LogP contribution is 2.41. The number of hydrogen-bond acceptors (Lipinski definition) is 2. The number of hydrogen-bond donors (Lipinski definition) is 0. The van der Waals surface area contributed by atoms with Gasteiger partial charge in [0.1, 0.15) is 11.5 Å². The van der Waals surface area contributed by atoms with E-state index in [1.54, 1.807) is 0 Å². The van der Waals surface area contributed by atoms with Gasteiger partial charge in [-0.05, 0) is 36.1 Å². The van der Waals surface area contributed by atoms with E-state index < -0.39 is 0 Å².